The Labute approximate surface area is 105 Å². The van der Waals surface area contributed by atoms with Gasteiger partial charge in [-0.3, -0.25) is 10.1 Å². The van der Waals surface area contributed by atoms with E-state index in [-0.39, 0.29) is 12.1 Å². The Morgan fingerprint density at radius 1 is 1.47 bits per heavy atom. The quantitative estimate of drug-likeness (QED) is 0.757. The number of likely N-dealkylation sites (N-methyl/N-ethyl adjacent to an activating group) is 1. The zero-order valence-electron chi connectivity index (χ0n) is 11.9. The van der Waals surface area contributed by atoms with Crippen LogP contribution in [0.4, 0.5) is 0 Å². The van der Waals surface area contributed by atoms with Crippen LogP contribution in [-0.4, -0.2) is 55.1 Å². The van der Waals surface area contributed by atoms with Gasteiger partial charge < -0.3 is 9.80 Å². The number of carbonyl (C=O) groups is 1. The molecule has 100 valence electrons. The van der Waals surface area contributed by atoms with Gasteiger partial charge in [-0.2, -0.15) is 0 Å². The normalized spacial score (nSPS) is 22.9. The molecule has 0 spiro atoms. The fraction of sp³-hybridized carbons (Fsp3) is 0.923. The lowest BCUT2D eigenvalue weighted by Crippen LogP contribution is -2.51. The smallest absolute Gasteiger partial charge is 0.238 e. The van der Waals surface area contributed by atoms with E-state index in [1.807, 2.05) is 0 Å². The molecule has 1 fully saturated rings. The van der Waals surface area contributed by atoms with Crippen molar-refractivity contribution in [2.45, 2.75) is 45.8 Å². The molecule has 0 saturated carbocycles. The van der Waals surface area contributed by atoms with Crippen LogP contribution in [0.1, 0.15) is 33.6 Å². The molecule has 0 aromatic carbocycles. The minimum atomic E-state index is 0.236. The summed E-state index contributed by atoms with van der Waals surface area (Å²) in [4.78, 5) is 16.3. The number of nitrogens with zero attached hydrogens (tertiary/aromatic N) is 2. The van der Waals surface area contributed by atoms with Crippen LogP contribution in [-0.2, 0) is 4.79 Å². The Morgan fingerprint density at radius 2 is 2.12 bits per heavy atom. The van der Waals surface area contributed by atoms with Crippen molar-refractivity contribution in [3.8, 4) is 0 Å². The Morgan fingerprint density at radius 3 is 2.59 bits per heavy atom. The molecule has 4 heteroatoms. The first-order valence-electron chi connectivity index (χ1n) is 6.66. The van der Waals surface area contributed by atoms with Crippen molar-refractivity contribution in [2.24, 2.45) is 5.92 Å². The maximum atomic E-state index is 12.0. The molecule has 4 nitrogen and oxygen atoms in total. The standard InChI is InChI=1S/C13H27N3O/c1-6-7-12-14-8-13(17)16(12)11(10(2)3)9-15(4)5/h10-12,14H,6-9H2,1-5H3. The van der Waals surface area contributed by atoms with Crippen molar-refractivity contribution in [3.05, 3.63) is 0 Å². The van der Waals surface area contributed by atoms with Crippen molar-refractivity contribution in [2.75, 3.05) is 27.2 Å². The van der Waals surface area contributed by atoms with Gasteiger partial charge in [0.15, 0.2) is 0 Å². The first-order valence-corrected chi connectivity index (χ1v) is 6.66. The monoisotopic (exact) mass is 241 g/mol. The molecule has 1 amide bonds. The van der Waals surface area contributed by atoms with Crippen molar-refractivity contribution >= 4 is 5.91 Å². The topological polar surface area (TPSA) is 35.6 Å². The maximum absolute atomic E-state index is 12.0. The summed E-state index contributed by atoms with van der Waals surface area (Å²) in [7, 11) is 4.14. The van der Waals surface area contributed by atoms with Gasteiger partial charge in [-0.1, -0.05) is 27.2 Å². The van der Waals surface area contributed by atoms with E-state index in [4.69, 9.17) is 0 Å². The van der Waals surface area contributed by atoms with Crippen molar-refractivity contribution in [3.63, 3.8) is 0 Å². The molecule has 1 rings (SSSR count). The SMILES string of the molecule is CCCC1NCC(=O)N1C(CN(C)C)C(C)C. The zero-order chi connectivity index (χ0) is 13.0. The van der Waals surface area contributed by atoms with Crippen LogP contribution in [0.2, 0.25) is 0 Å². The van der Waals surface area contributed by atoms with E-state index in [1.165, 1.54) is 0 Å². The molecule has 0 bridgehead atoms. The van der Waals surface area contributed by atoms with Crippen LogP contribution in [0, 0.1) is 5.92 Å². The Balaban J connectivity index is 2.78. The van der Waals surface area contributed by atoms with Gasteiger partial charge in [-0.05, 0) is 26.4 Å². The summed E-state index contributed by atoms with van der Waals surface area (Å²) in [5.41, 5.74) is 0. The van der Waals surface area contributed by atoms with Crippen LogP contribution in [0.5, 0.6) is 0 Å². The first kappa shape index (κ1) is 14.5. The summed E-state index contributed by atoms with van der Waals surface area (Å²) in [6.07, 6.45) is 2.39. The Bertz CT molecular complexity index is 253. The molecule has 2 unspecified atom stereocenters. The minimum Gasteiger partial charge on any atom is -0.322 e. The van der Waals surface area contributed by atoms with E-state index in [0.29, 0.717) is 18.5 Å². The van der Waals surface area contributed by atoms with Gasteiger partial charge in [-0.15, -0.1) is 0 Å². The minimum absolute atomic E-state index is 0.236. The van der Waals surface area contributed by atoms with Crippen molar-refractivity contribution in [1.82, 2.24) is 15.1 Å². The Hall–Kier alpha value is -0.610. The van der Waals surface area contributed by atoms with Gasteiger partial charge in [0.1, 0.15) is 0 Å². The second-order valence-electron chi connectivity index (χ2n) is 5.56. The lowest BCUT2D eigenvalue weighted by atomic mass is 10.0. The molecular weight excluding hydrogens is 214 g/mol. The third kappa shape index (κ3) is 3.68. The third-order valence-corrected chi connectivity index (χ3v) is 3.35. The number of hydrogen-bond donors (Lipinski definition) is 1. The maximum Gasteiger partial charge on any atom is 0.238 e. The fourth-order valence-corrected chi connectivity index (χ4v) is 2.49. The van der Waals surface area contributed by atoms with Crippen molar-refractivity contribution in [1.29, 1.82) is 0 Å². The van der Waals surface area contributed by atoms with Crippen LogP contribution in [0.25, 0.3) is 0 Å². The summed E-state index contributed by atoms with van der Waals surface area (Å²) in [5.74, 6) is 0.740. The van der Waals surface area contributed by atoms with Crippen LogP contribution in [0.15, 0.2) is 0 Å². The highest BCUT2D eigenvalue weighted by atomic mass is 16.2. The summed E-state index contributed by atoms with van der Waals surface area (Å²) >= 11 is 0. The van der Waals surface area contributed by atoms with Gasteiger partial charge >= 0.3 is 0 Å². The van der Waals surface area contributed by atoms with Gasteiger partial charge in [0, 0.05) is 12.6 Å². The molecule has 1 N–H and O–H groups in total. The highest BCUT2D eigenvalue weighted by molar-refractivity contribution is 5.81. The second kappa shape index (κ2) is 6.36. The summed E-state index contributed by atoms with van der Waals surface area (Å²) in [6, 6.07) is 0.309. The number of carbonyl (C=O) groups excluding carboxylic acids is 1. The van der Waals surface area contributed by atoms with E-state index in [9.17, 15) is 4.79 Å². The predicted octanol–water partition coefficient (Wildman–Crippen LogP) is 1.13. The molecule has 1 saturated heterocycles. The number of hydrogen-bond acceptors (Lipinski definition) is 3. The molecule has 0 radical (unpaired) electrons. The molecule has 17 heavy (non-hydrogen) atoms. The van der Waals surface area contributed by atoms with Crippen LogP contribution < -0.4 is 5.32 Å². The van der Waals surface area contributed by atoms with E-state index < -0.39 is 0 Å². The summed E-state index contributed by atoms with van der Waals surface area (Å²) in [6.45, 7) is 8.00. The molecule has 1 heterocycles. The van der Waals surface area contributed by atoms with E-state index in [1.54, 1.807) is 0 Å². The number of rotatable bonds is 6. The summed E-state index contributed by atoms with van der Waals surface area (Å²) in [5, 5.41) is 3.32. The largest absolute Gasteiger partial charge is 0.322 e. The lowest BCUT2D eigenvalue weighted by Gasteiger charge is -2.37. The number of nitrogens with one attached hydrogen (secondary N) is 1. The third-order valence-electron chi connectivity index (χ3n) is 3.35. The Kier molecular flexibility index (Phi) is 5.40. The molecule has 0 aromatic heterocycles. The zero-order valence-corrected chi connectivity index (χ0v) is 11.9. The van der Waals surface area contributed by atoms with Crippen LogP contribution in [0.3, 0.4) is 0 Å². The van der Waals surface area contributed by atoms with Crippen LogP contribution >= 0.6 is 0 Å². The average Bonchev–Trinajstić information content (AvgIpc) is 2.57. The molecular formula is C13H27N3O. The molecule has 0 aliphatic carbocycles. The highest BCUT2D eigenvalue weighted by Crippen LogP contribution is 2.20. The van der Waals surface area contributed by atoms with Crippen molar-refractivity contribution < 1.29 is 4.79 Å². The molecule has 2 atom stereocenters. The van der Waals surface area contributed by atoms with Gasteiger partial charge in [-0.25, -0.2) is 0 Å². The highest BCUT2D eigenvalue weighted by Gasteiger charge is 2.36. The van der Waals surface area contributed by atoms with E-state index in [2.05, 4.69) is 50.0 Å². The summed E-state index contributed by atoms with van der Waals surface area (Å²) < 4.78 is 0. The predicted molar refractivity (Wildman–Crippen MR) is 70.7 cm³/mol. The van der Waals surface area contributed by atoms with Gasteiger partial charge in [0.25, 0.3) is 0 Å². The van der Waals surface area contributed by atoms with Gasteiger partial charge in [0.2, 0.25) is 5.91 Å². The molecule has 1 aliphatic heterocycles. The number of amides is 1. The molecule has 0 aromatic rings. The first-order chi connectivity index (χ1) is 7.97. The lowest BCUT2D eigenvalue weighted by molar-refractivity contribution is -0.131. The van der Waals surface area contributed by atoms with Gasteiger partial charge in [0.05, 0.1) is 12.7 Å². The average molecular weight is 241 g/mol. The fourth-order valence-electron chi connectivity index (χ4n) is 2.49. The second-order valence-corrected chi connectivity index (χ2v) is 5.56. The van der Waals surface area contributed by atoms with E-state index >= 15 is 0 Å². The van der Waals surface area contributed by atoms with E-state index in [0.717, 1.165) is 19.4 Å². The molecule has 1 aliphatic rings.